The lowest BCUT2D eigenvalue weighted by Gasteiger charge is -2.36. The number of carbonyl (C=O) groups excluding carboxylic acids is 1. The molecule has 3 fully saturated rings. The van der Waals surface area contributed by atoms with Crippen LogP contribution in [0.5, 0.6) is 0 Å². The Morgan fingerprint density at radius 3 is 2.50 bits per heavy atom. The van der Waals surface area contributed by atoms with Crippen molar-refractivity contribution in [2.45, 2.75) is 45.1 Å². The van der Waals surface area contributed by atoms with Crippen molar-refractivity contribution < 1.29 is 14.7 Å². The molecule has 3 rings (SSSR count). The van der Waals surface area contributed by atoms with Gasteiger partial charge in [0, 0.05) is 12.5 Å². The standard InChI is InChI=1S/C14H21NO3/c1-8-4-5-15(12(6-8)14(17)18)13(16)11-7-10(11)9-2-3-9/h8-12H,2-7H2,1H3,(H,17,18). The zero-order chi connectivity index (χ0) is 12.9. The summed E-state index contributed by atoms with van der Waals surface area (Å²) in [6.45, 7) is 2.70. The molecule has 0 radical (unpaired) electrons. The van der Waals surface area contributed by atoms with Crippen LogP contribution >= 0.6 is 0 Å². The van der Waals surface area contributed by atoms with Crippen LogP contribution in [0.4, 0.5) is 0 Å². The van der Waals surface area contributed by atoms with E-state index in [-0.39, 0.29) is 11.8 Å². The smallest absolute Gasteiger partial charge is 0.326 e. The number of piperidine rings is 1. The Kier molecular flexibility index (Phi) is 2.83. The normalized spacial score (nSPS) is 39.5. The van der Waals surface area contributed by atoms with Gasteiger partial charge in [0.25, 0.3) is 0 Å². The third-order valence-corrected chi connectivity index (χ3v) is 4.82. The van der Waals surface area contributed by atoms with Gasteiger partial charge in [-0.15, -0.1) is 0 Å². The minimum atomic E-state index is -0.835. The molecule has 4 unspecified atom stereocenters. The molecular weight excluding hydrogens is 230 g/mol. The molecule has 0 bridgehead atoms. The third kappa shape index (κ3) is 2.13. The summed E-state index contributed by atoms with van der Waals surface area (Å²) < 4.78 is 0. The van der Waals surface area contributed by atoms with Crippen LogP contribution in [0, 0.1) is 23.7 Å². The molecule has 1 saturated heterocycles. The highest BCUT2D eigenvalue weighted by atomic mass is 16.4. The molecule has 1 N–H and O–H groups in total. The summed E-state index contributed by atoms with van der Waals surface area (Å²) in [5.41, 5.74) is 0. The zero-order valence-corrected chi connectivity index (χ0v) is 10.8. The summed E-state index contributed by atoms with van der Waals surface area (Å²) in [4.78, 5) is 25.3. The van der Waals surface area contributed by atoms with Gasteiger partial charge in [0.15, 0.2) is 0 Å². The van der Waals surface area contributed by atoms with Gasteiger partial charge < -0.3 is 10.0 Å². The minimum Gasteiger partial charge on any atom is -0.480 e. The first-order valence-corrected chi connectivity index (χ1v) is 7.11. The molecule has 3 aliphatic rings. The molecule has 1 aliphatic heterocycles. The molecule has 0 aromatic rings. The number of aliphatic carboxylic acids is 1. The number of hydrogen-bond acceptors (Lipinski definition) is 2. The fraction of sp³-hybridized carbons (Fsp3) is 0.857. The van der Waals surface area contributed by atoms with E-state index < -0.39 is 12.0 Å². The minimum absolute atomic E-state index is 0.117. The first-order valence-electron chi connectivity index (χ1n) is 7.11. The fourth-order valence-corrected chi connectivity index (χ4v) is 3.40. The number of hydrogen-bond donors (Lipinski definition) is 1. The average Bonchev–Trinajstić information content (AvgIpc) is 3.17. The number of likely N-dealkylation sites (tertiary alicyclic amines) is 1. The Morgan fingerprint density at radius 2 is 1.89 bits per heavy atom. The molecule has 18 heavy (non-hydrogen) atoms. The quantitative estimate of drug-likeness (QED) is 0.831. The highest BCUT2D eigenvalue weighted by Gasteiger charge is 2.53. The summed E-state index contributed by atoms with van der Waals surface area (Å²) in [6, 6.07) is -0.582. The number of nitrogens with zero attached hydrogens (tertiary/aromatic N) is 1. The van der Waals surface area contributed by atoms with E-state index in [0.29, 0.717) is 24.8 Å². The SMILES string of the molecule is CC1CCN(C(=O)C2CC2C2CC2)C(C(=O)O)C1. The van der Waals surface area contributed by atoms with Crippen molar-refractivity contribution >= 4 is 11.9 Å². The molecule has 1 amide bonds. The summed E-state index contributed by atoms with van der Waals surface area (Å²) in [5, 5.41) is 9.27. The second-order valence-electron chi connectivity index (χ2n) is 6.36. The second kappa shape index (κ2) is 4.25. The van der Waals surface area contributed by atoms with Crippen molar-refractivity contribution in [3.8, 4) is 0 Å². The highest BCUT2D eigenvalue weighted by molar-refractivity contribution is 5.87. The average molecular weight is 251 g/mol. The van der Waals surface area contributed by atoms with E-state index in [1.54, 1.807) is 4.90 Å². The molecule has 4 nitrogen and oxygen atoms in total. The van der Waals surface area contributed by atoms with Gasteiger partial charge in [-0.3, -0.25) is 4.79 Å². The van der Waals surface area contributed by atoms with Crippen LogP contribution in [-0.4, -0.2) is 34.5 Å². The maximum atomic E-state index is 12.4. The van der Waals surface area contributed by atoms with Crippen LogP contribution in [0.15, 0.2) is 0 Å². The molecule has 1 heterocycles. The van der Waals surface area contributed by atoms with Crippen LogP contribution in [0.1, 0.15) is 39.0 Å². The molecule has 0 aromatic heterocycles. The molecule has 0 aromatic carbocycles. The maximum absolute atomic E-state index is 12.4. The lowest BCUT2D eigenvalue weighted by atomic mass is 9.92. The van der Waals surface area contributed by atoms with Gasteiger partial charge in [0.2, 0.25) is 5.91 Å². The van der Waals surface area contributed by atoms with Crippen LogP contribution in [0.25, 0.3) is 0 Å². The Bertz CT molecular complexity index is 377. The monoisotopic (exact) mass is 251 g/mol. The number of carboxylic acids is 1. The van der Waals surface area contributed by atoms with Gasteiger partial charge in [0.05, 0.1) is 0 Å². The molecule has 4 heteroatoms. The van der Waals surface area contributed by atoms with Crippen molar-refractivity contribution in [1.82, 2.24) is 4.90 Å². The van der Waals surface area contributed by atoms with E-state index in [0.717, 1.165) is 18.8 Å². The van der Waals surface area contributed by atoms with E-state index in [1.165, 1.54) is 12.8 Å². The van der Waals surface area contributed by atoms with Crippen molar-refractivity contribution in [3.05, 3.63) is 0 Å². The zero-order valence-electron chi connectivity index (χ0n) is 10.8. The fourth-order valence-electron chi connectivity index (χ4n) is 3.40. The van der Waals surface area contributed by atoms with Crippen LogP contribution in [-0.2, 0) is 9.59 Å². The molecule has 2 aliphatic carbocycles. The predicted octanol–water partition coefficient (Wildman–Crippen LogP) is 1.74. The molecule has 4 atom stereocenters. The van der Waals surface area contributed by atoms with E-state index >= 15 is 0 Å². The summed E-state index contributed by atoms with van der Waals surface area (Å²) in [7, 11) is 0. The number of amides is 1. The Labute approximate surface area is 107 Å². The topological polar surface area (TPSA) is 57.6 Å². The van der Waals surface area contributed by atoms with Crippen molar-refractivity contribution in [1.29, 1.82) is 0 Å². The van der Waals surface area contributed by atoms with Gasteiger partial charge in [-0.05, 0) is 49.9 Å². The number of carboxylic acid groups (broad SMARTS) is 1. The van der Waals surface area contributed by atoms with E-state index in [9.17, 15) is 14.7 Å². The van der Waals surface area contributed by atoms with E-state index in [4.69, 9.17) is 0 Å². The Balaban J connectivity index is 1.66. The van der Waals surface area contributed by atoms with Crippen molar-refractivity contribution in [2.75, 3.05) is 6.54 Å². The molecule has 100 valence electrons. The predicted molar refractivity (Wildman–Crippen MR) is 65.9 cm³/mol. The van der Waals surface area contributed by atoms with Gasteiger partial charge in [-0.25, -0.2) is 4.79 Å². The highest BCUT2D eigenvalue weighted by Crippen LogP contribution is 2.55. The van der Waals surface area contributed by atoms with Gasteiger partial charge >= 0.3 is 5.97 Å². The lowest BCUT2D eigenvalue weighted by molar-refractivity contribution is -0.153. The Hall–Kier alpha value is -1.06. The Morgan fingerprint density at radius 1 is 1.17 bits per heavy atom. The van der Waals surface area contributed by atoms with Gasteiger partial charge in [-0.1, -0.05) is 6.92 Å². The van der Waals surface area contributed by atoms with E-state index in [2.05, 4.69) is 6.92 Å². The van der Waals surface area contributed by atoms with Crippen molar-refractivity contribution in [2.24, 2.45) is 23.7 Å². The number of carbonyl (C=O) groups is 2. The van der Waals surface area contributed by atoms with Crippen LogP contribution in [0.2, 0.25) is 0 Å². The van der Waals surface area contributed by atoms with Crippen molar-refractivity contribution in [3.63, 3.8) is 0 Å². The summed E-state index contributed by atoms with van der Waals surface area (Å²) in [5.74, 6) is 1.18. The van der Waals surface area contributed by atoms with Gasteiger partial charge in [0.1, 0.15) is 6.04 Å². The summed E-state index contributed by atoms with van der Waals surface area (Å²) in [6.07, 6.45) is 5.10. The summed E-state index contributed by atoms with van der Waals surface area (Å²) >= 11 is 0. The van der Waals surface area contributed by atoms with Crippen LogP contribution in [0.3, 0.4) is 0 Å². The van der Waals surface area contributed by atoms with E-state index in [1.807, 2.05) is 0 Å². The third-order valence-electron chi connectivity index (χ3n) is 4.82. The first kappa shape index (κ1) is 12.0. The van der Waals surface area contributed by atoms with Gasteiger partial charge in [-0.2, -0.15) is 0 Å². The maximum Gasteiger partial charge on any atom is 0.326 e. The lowest BCUT2D eigenvalue weighted by Crippen LogP contribution is -2.50. The molecule has 2 saturated carbocycles. The van der Waals surface area contributed by atoms with Crippen LogP contribution < -0.4 is 0 Å². The largest absolute Gasteiger partial charge is 0.480 e. The first-order chi connectivity index (χ1) is 8.58. The molecular formula is C14H21NO3. The second-order valence-corrected chi connectivity index (χ2v) is 6.36. The molecule has 0 spiro atoms. The number of rotatable bonds is 3.